The molecule has 1 aliphatic rings. The van der Waals surface area contributed by atoms with Crippen molar-refractivity contribution >= 4 is 17.2 Å². The van der Waals surface area contributed by atoms with Crippen molar-refractivity contribution in [3.63, 3.8) is 0 Å². The Hall–Kier alpha value is -0.940. The normalized spacial score (nSPS) is 19.6. The number of nitrogens with zero attached hydrogens (tertiary/aromatic N) is 1. The van der Waals surface area contributed by atoms with E-state index in [0.717, 1.165) is 30.0 Å². The predicted molar refractivity (Wildman–Crippen MR) is 80.8 cm³/mol. The van der Waals surface area contributed by atoms with Crippen LogP contribution in [0.4, 0.5) is 0 Å². The van der Waals surface area contributed by atoms with E-state index in [4.69, 9.17) is 4.74 Å². The smallest absolute Gasteiger partial charge is 0.221 e. The Kier molecular flexibility index (Phi) is 5.16. The summed E-state index contributed by atoms with van der Waals surface area (Å²) in [6.45, 7) is 7.59. The third-order valence-electron chi connectivity index (χ3n) is 3.98. The third-order valence-corrected chi connectivity index (χ3v) is 5.15. The summed E-state index contributed by atoms with van der Waals surface area (Å²) in [5.74, 6) is 0.555. The Morgan fingerprint density at radius 2 is 2.25 bits per heavy atom. The number of rotatable bonds is 5. The number of nitrogens with one attached hydrogen (secondary N) is 1. The minimum absolute atomic E-state index is 0.133. The second-order valence-corrected chi connectivity index (χ2v) is 6.61. The topological polar surface area (TPSA) is 51.2 Å². The van der Waals surface area contributed by atoms with Gasteiger partial charge in [0.15, 0.2) is 0 Å². The van der Waals surface area contributed by atoms with E-state index in [1.807, 2.05) is 12.3 Å². The molecule has 1 N–H and O–H groups in total. The summed E-state index contributed by atoms with van der Waals surface area (Å²) in [4.78, 5) is 16.9. The molecule has 1 atom stereocenters. The quantitative estimate of drug-likeness (QED) is 0.908. The first-order chi connectivity index (χ1) is 9.55. The van der Waals surface area contributed by atoms with Crippen LogP contribution < -0.4 is 5.32 Å². The summed E-state index contributed by atoms with van der Waals surface area (Å²) < 4.78 is 5.46. The average molecular weight is 296 g/mol. The summed E-state index contributed by atoms with van der Waals surface area (Å²) in [6, 6.07) is 0. The maximum Gasteiger partial charge on any atom is 0.221 e. The van der Waals surface area contributed by atoms with Crippen molar-refractivity contribution in [1.82, 2.24) is 10.3 Å². The van der Waals surface area contributed by atoms with Crippen LogP contribution in [0, 0.1) is 12.8 Å². The SMILES string of the molecule is CC[C@H](C)CC(=O)NC1(c2nc(C)cs2)CCOCC1. The molecule has 1 saturated heterocycles. The van der Waals surface area contributed by atoms with Crippen molar-refractivity contribution in [1.29, 1.82) is 0 Å². The Morgan fingerprint density at radius 3 is 2.80 bits per heavy atom. The Bertz CT molecular complexity index is 452. The molecule has 0 saturated carbocycles. The Labute approximate surface area is 124 Å². The minimum atomic E-state index is -0.318. The zero-order valence-corrected chi connectivity index (χ0v) is 13.4. The number of ether oxygens (including phenoxy) is 1. The lowest BCUT2D eigenvalue weighted by Crippen LogP contribution is -2.49. The monoisotopic (exact) mass is 296 g/mol. The van der Waals surface area contributed by atoms with Crippen molar-refractivity contribution in [2.45, 2.75) is 52.0 Å². The van der Waals surface area contributed by atoms with Gasteiger partial charge in [-0.3, -0.25) is 4.79 Å². The zero-order valence-electron chi connectivity index (χ0n) is 12.6. The van der Waals surface area contributed by atoms with E-state index in [-0.39, 0.29) is 11.4 Å². The number of amides is 1. The maximum absolute atomic E-state index is 12.3. The zero-order chi connectivity index (χ0) is 14.6. The van der Waals surface area contributed by atoms with E-state index in [1.165, 1.54) is 0 Å². The van der Waals surface area contributed by atoms with Crippen molar-refractivity contribution in [3.05, 3.63) is 16.1 Å². The van der Waals surface area contributed by atoms with E-state index >= 15 is 0 Å². The lowest BCUT2D eigenvalue weighted by Gasteiger charge is -2.36. The molecular weight excluding hydrogens is 272 g/mol. The summed E-state index contributed by atoms with van der Waals surface area (Å²) in [5.41, 5.74) is 0.703. The number of hydrogen-bond donors (Lipinski definition) is 1. The molecule has 1 amide bonds. The molecule has 4 nitrogen and oxygen atoms in total. The van der Waals surface area contributed by atoms with Crippen LogP contribution in [0.3, 0.4) is 0 Å². The average Bonchev–Trinajstić information content (AvgIpc) is 2.86. The number of aryl methyl sites for hydroxylation is 1. The number of carbonyl (C=O) groups excluding carboxylic acids is 1. The highest BCUT2D eigenvalue weighted by molar-refractivity contribution is 7.09. The van der Waals surface area contributed by atoms with Crippen LogP contribution in [0.25, 0.3) is 0 Å². The molecule has 0 bridgehead atoms. The highest BCUT2D eigenvalue weighted by atomic mass is 32.1. The van der Waals surface area contributed by atoms with Crippen LogP contribution in [-0.2, 0) is 15.1 Å². The fraction of sp³-hybridized carbons (Fsp3) is 0.733. The molecule has 5 heteroatoms. The number of carbonyl (C=O) groups is 1. The van der Waals surface area contributed by atoms with Gasteiger partial charge in [0.05, 0.1) is 5.54 Å². The van der Waals surface area contributed by atoms with Crippen LogP contribution in [0.5, 0.6) is 0 Å². The van der Waals surface area contributed by atoms with E-state index in [2.05, 4.69) is 24.1 Å². The Balaban J connectivity index is 2.13. The van der Waals surface area contributed by atoms with Crippen LogP contribution >= 0.6 is 11.3 Å². The van der Waals surface area contributed by atoms with E-state index < -0.39 is 0 Å². The second-order valence-electron chi connectivity index (χ2n) is 5.75. The van der Waals surface area contributed by atoms with Gasteiger partial charge < -0.3 is 10.1 Å². The minimum Gasteiger partial charge on any atom is -0.381 e. The Morgan fingerprint density at radius 1 is 1.55 bits per heavy atom. The van der Waals surface area contributed by atoms with Gasteiger partial charge >= 0.3 is 0 Å². The van der Waals surface area contributed by atoms with Crippen molar-refractivity contribution < 1.29 is 9.53 Å². The summed E-state index contributed by atoms with van der Waals surface area (Å²) in [6.07, 6.45) is 3.24. The molecule has 20 heavy (non-hydrogen) atoms. The second kappa shape index (κ2) is 6.68. The van der Waals surface area contributed by atoms with Gasteiger partial charge in [-0.2, -0.15) is 0 Å². The molecule has 112 valence electrons. The summed E-state index contributed by atoms with van der Waals surface area (Å²) >= 11 is 1.64. The van der Waals surface area contributed by atoms with E-state index in [9.17, 15) is 4.79 Å². The number of aromatic nitrogens is 1. The van der Waals surface area contributed by atoms with Gasteiger partial charge in [0.1, 0.15) is 5.01 Å². The van der Waals surface area contributed by atoms with E-state index in [0.29, 0.717) is 25.6 Å². The standard InChI is InChI=1S/C15H24N2O2S/c1-4-11(2)9-13(18)17-15(5-7-19-8-6-15)14-16-12(3)10-20-14/h10-11H,4-9H2,1-3H3,(H,17,18)/t11-/m0/s1. The molecule has 2 rings (SSSR count). The van der Waals surface area contributed by atoms with Crippen molar-refractivity contribution in [3.8, 4) is 0 Å². The first kappa shape index (κ1) is 15.4. The van der Waals surface area contributed by atoms with E-state index in [1.54, 1.807) is 11.3 Å². The maximum atomic E-state index is 12.3. The number of thiazole rings is 1. The van der Waals surface area contributed by atoms with Crippen molar-refractivity contribution in [2.24, 2.45) is 5.92 Å². The van der Waals surface area contributed by atoms with Crippen molar-refractivity contribution in [2.75, 3.05) is 13.2 Å². The molecule has 1 fully saturated rings. The molecule has 0 spiro atoms. The van der Waals surface area contributed by atoms with Crippen LogP contribution in [0.2, 0.25) is 0 Å². The van der Waals surface area contributed by atoms with Crippen LogP contribution in [-0.4, -0.2) is 24.1 Å². The molecule has 1 aliphatic heterocycles. The highest BCUT2D eigenvalue weighted by Crippen LogP contribution is 2.34. The summed E-state index contributed by atoms with van der Waals surface area (Å²) in [7, 11) is 0. The molecule has 0 radical (unpaired) electrons. The number of hydrogen-bond acceptors (Lipinski definition) is 4. The predicted octanol–water partition coefficient (Wildman–Crippen LogP) is 3.01. The van der Waals surface area contributed by atoms with Gasteiger partial charge in [0, 0.05) is 43.6 Å². The van der Waals surface area contributed by atoms with Crippen LogP contribution in [0.15, 0.2) is 5.38 Å². The fourth-order valence-electron chi connectivity index (χ4n) is 2.46. The van der Waals surface area contributed by atoms with Gasteiger partial charge in [-0.25, -0.2) is 4.98 Å². The molecule has 1 aromatic rings. The van der Waals surface area contributed by atoms with Gasteiger partial charge in [0.25, 0.3) is 0 Å². The molecule has 0 unspecified atom stereocenters. The van der Waals surface area contributed by atoms with Gasteiger partial charge in [-0.05, 0) is 12.8 Å². The van der Waals surface area contributed by atoms with Gasteiger partial charge in [-0.1, -0.05) is 20.3 Å². The van der Waals surface area contributed by atoms with Crippen LogP contribution in [0.1, 0.15) is 50.2 Å². The third kappa shape index (κ3) is 3.58. The fourth-order valence-corrected chi connectivity index (χ4v) is 3.48. The first-order valence-electron chi connectivity index (χ1n) is 7.37. The molecular formula is C15H24N2O2S. The lowest BCUT2D eigenvalue weighted by molar-refractivity contribution is -0.125. The largest absolute Gasteiger partial charge is 0.381 e. The first-order valence-corrected chi connectivity index (χ1v) is 8.25. The summed E-state index contributed by atoms with van der Waals surface area (Å²) in [5, 5.41) is 6.33. The van der Waals surface area contributed by atoms with Gasteiger partial charge in [-0.15, -0.1) is 11.3 Å². The van der Waals surface area contributed by atoms with Gasteiger partial charge in [0.2, 0.25) is 5.91 Å². The highest BCUT2D eigenvalue weighted by Gasteiger charge is 2.38. The molecule has 1 aromatic heterocycles. The lowest BCUT2D eigenvalue weighted by atomic mass is 9.90. The molecule has 0 aliphatic carbocycles. The molecule has 2 heterocycles. The molecule has 0 aromatic carbocycles.